The van der Waals surface area contributed by atoms with Crippen LogP contribution in [-0.2, 0) is 6.54 Å². The van der Waals surface area contributed by atoms with Gasteiger partial charge in [0.25, 0.3) is 0 Å². The van der Waals surface area contributed by atoms with E-state index in [2.05, 4.69) is 15.9 Å². The molecule has 0 aliphatic carbocycles. The van der Waals surface area contributed by atoms with Crippen LogP contribution >= 0.6 is 15.9 Å². The molecular weight excluding hydrogens is 314 g/mol. The van der Waals surface area contributed by atoms with Crippen molar-refractivity contribution in [3.05, 3.63) is 58.1 Å². The molecule has 100 valence electrons. The Kier molecular flexibility index (Phi) is 4.04. The van der Waals surface area contributed by atoms with Crippen LogP contribution in [0.15, 0.2) is 40.9 Å². The van der Waals surface area contributed by atoms with Gasteiger partial charge in [0, 0.05) is 23.6 Å². The van der Waals surface area contributed by atoms with Crippen LogP contribution in [0.4, 0.5) is 20.2 Å². The molecule has 0 bridgehead atoms. The second-order valence-electron chi connectivity index (χ2n) is 4.27. The third kappa shape index (κ3) is 3.04. The van der Waals surface area contributed by atoms with Crippen molar-refractivity contribution in [1.29, 1.82) is 0 Å². The van der Waals surface area contributed by atoms with Crippen molar-refractivity contribution >= 4 is 27.3 Å². The maximum absolute atomic E-state index is 13.6. The molecule has 0 saturated carbocycles. The van der Waals surface area contributed by atoms with Crippen molar-refractivity contribution in [2.24, 2.45) is 0 Å². The third-order valence-corrected chi connectivity index (χ3v) is 3.33. The molecule has 0 aromatic heterocycles. The number of nitrogens with zero attached hydrogens (tertiary/aromatic N) is 1. The Morgan fingerprint density at radius 3 is 2.63 bits per heavy atom. The van der Waals surface area contributed by atoms with Gasteiger partial charge in [0.1, 0.15) is 0 Å². The van der Waals surface area contributed by atoms with E-state index in [4.69, 9.17) is 5.73 Å². The first-order valence-electron chi connectivity index (χ1n) is 5.68. The lowest BCUT2D eigenvalue weighted by atomic mass is 10.1. The van der Waals surface area contributed by atoms with E-state index in [0.29, 0.717) is 11.3 Å². The number of halogens is 3. The molecule has 0 saturated heterocycles. The van der Waals surface area contributed by atoms with E-state index in [1.807, 2.05) is 12.1 Å². The molecule has 0 fully saturated rings. The van der Waals surface area contributed by atoms with Crippen LogP contribution in [0.5, 0.6) is 0 Å². The predicted molar refractivity (Wildman–Crippen MR) is 77.0 cm³/mol. The summed E-state index contributed by atoms with van der Waals surface area (Å²) < 4.78 is 27.6. The smallest absolute Gasteiger partial charge is 0.163 e. The van der Waals surface area contributed by atoms with Crippen molar-refractivity contribution in [3.63, 3.8) is 0 Å². The monoisotopic (exact) mass is 326 g/mol. The van der Waals surface area contributed by atoms with Crippen molar-refractivity contribution < 1.29 is 8.78 Å². The van der Waals surface area contributed by atoms with E-state index >= 15 is 0 Å². The lowest BCUT2D eigenvalue weighted by Crippen LogP contribution is -2.18. The second kappa shape index (κ2) is 5.57. The molecule has 2 aromatic carbocycles. The predicted octanol–water partition coefficient (Wildman–Crippen LogP) is 3.95. The lowest BCUT2D eigenvalue weighted by molar-refractivity contribution is 0.498. The van der Waals surface area contributed by atoms with E-state index in [9.17, 15) is 8.78 Å². The zero-order valence-electron chi connectivity index (χ0n) is 10.3. The van der Waals surface area contributed by atoms with Crippen molar-refractivity contribution in [1.82, 2.24) is 0 Å². The molecular formula is C14H13BrF2N2. The Bertz CT molecular complexity index is 602. The summed E-state index contributed by atoms with van der Waals surface area (Å²) in [6.07, 6.45) is 0. The minimum absolute atomic E-state index is 0.245. The van der Waals surface area contributed by atoms with Gasteiger partial charge in [-0.3, -0.25) is 0 Å². The Hall–Kier alpha value is -1.62. The third-order valence-electron chi connectivity index (χ3n) is 2.84. The average Bonchev–Trinajstić information content (AvgIpc) is 2.34. The van der Waals surface area contributed by atoms with E-state index in [-0.39, 0.29) is 6.54 Å². The standard InChI is InChI=1S/C14H13BrF2N2/c1-19(13-6-5-10(15)7-12(13)18)8-9-3-2-4-11(16)14(9)17/h2-7H,8,18H2,1H3. The Labute approximate surface area is 119 Å². The van der Waals surface area contributed by atoms with Gasteiger partial charge in [-0.25, -0.2) is 8.78 Å². The summed E-state index contributed by atoms with van der Waals surface area (Å²) in [6.45, 7) is 0.245. The summed E-state index contributed by atoms with van der Waals surface area (Å²) in [6, 6.07) is 9.61. The molecule has 0 aliphatic rings. The van der Waals surface area contributed by atoms with E-state index in [1.54, 1.807) is 24.1 Å². The Morgan fingerprint density at radius 2 is 1.95 bits per heavy atom. The zero-order chi connectivity index (χ0) is 14.0. The average molecular weight is 327 g/mol. The molecule has 2 aromatic rings. The van der Waals surface area contributed by atoms with E-state index in [0.717, 1.165) is 16.2 Å². The number of rotatable bonds is 3. The van der Waals surface area contributed by atoms with Crippen molar-refractivity contribution in [3.8, 4) is 0 Å². The Balaban J connectivity index is 2.25. The first-order chi connectivity index (χ1) is 8.99. The fraction of sp³-hybridized carbons (Fsp3) is 0.143. The first-order valence-corrected chi connectivity index (χ1v) is 6.47. The fourth-order valence-electron chi connectivity index (χ4n) is 1.88. The van der Waals surface area contributed by atoms with Crippen LogP contribution in [0.2, 0.25) is 0 Å². The van der Waals surface area contributed by atoms with Gasteiger partial charge in [-0.2, -0.15) is 0 Å². The van der Waals surface area contributed by atoms with Gasteiger partial charge in [-0.05, 0) is 24.3 Å². The summed E-state index contributed by atoms with van der Waals surface area (Å²) >= 11 is 3.33. The summed E-state index contributed by atoms with van der Waals surface area (Å²) in [7, 11) is 1.78. The molecule has 0 spiro atoms. The lowest BCUT2D eigenvalue weighted by Gasteiger charge is -2.21. The quantitative estimate of drug-likeness (QED) is 0.865. The molecule has 0 amide bonds. The molecule has 5 heteroatoms. The molecule has 0 radical (unpaired) electrons. The number of nitrogen functional groups attached to an aromatic ring is 1. The summed E-state index contributed by atoms with van der Waals surface area (Å²) in [5, 5.41) is 0. The van der Waals surface area contributed by atoms with Gasteiger partial charge in [-0.15, -0.1) is 0 Å². The molecule has 2 rings (SSSR count). The highest BCUT2D eigenvalue weighted by molar-refractivity contribution is 9.10. The molecule has 0 heterocycles. The Morgan fingerprint density at radius 1 is 1.21 bits per heavy atom. The number of anilines is 2. The molecule has 0 aliphatic heterocycles. The van der Waals surface area contributed by atoms with Crippen LogP contribution < -0.4 is 10.6 Å². The maximum Gasteiger partial charge on any atom is 0.163 e. The van der Waals surface area contributed by atoms with Crippen LogP contribution in [0.3, 0.4) is 0 Å². The van der Waals surface area contributed by atoms with Crippen LogP contribution in [0.1, 0.15) is 5.56 Å². The minimum Gasteiger partial charge on any atom is -0.397 e. The van der Waals surface area contributed by atoms with Gasteiger partial charge in [-0.1, -0.05) is 28.1 Å². The minimum atomic E-state index is -0.838. The van der Waals surface area contributed by atoms with Gasteiger partial charge in [0.05, 0.1) is 11.4 Å². The maximum atomic E-state index is 13.6. The highest BCUT2D eigenvalue weighted by Gasteiger charge is 2.12. The van der Waals surface area contributed by atoms with E-state index in [1.165, 1.54) is 6.07 Å². The molecule has 19 heavy (non-hydrogen) atoms. The number of hydrogen-bond donors (Lipinski definition) is 1. The summed E-state index contributed by atoms with van der Waals surface area (Å²) in [5.74, 6) is -1.65. The van der Waals surface area contributed by atoms with E-state index < -0.39 is 11.6 Å². The number of hydrogen-bond acceptors (Lipinski definition) is 2. The van der Waals surface area contributed by atoms with Gasteiger partial charge in [0.2, 0.25) is 0 Å². The number of nitrogens with two attached hydrogens (primary N) is 1. The van der Waals surface area contributed by atoms with Gasteiger partial charge >= 0.3 is 0 Å². The van der Waals surface area contributed by atoms with Crippen molar-refractivity contribution in [2.45, 2.75) is 6.54 Å². The normalized spacial score (nSPS) is 10.5. The summed E-state index contributed by atoms with van der Waals surface area (Å²) in [5.41, 5.74) is 7.55. The van der Waals surface area contributed by atoms with Gasteiger partial charge < -0.3 is 10.6 Å². The number of benzene rings is 2. The highest BCUT2D eigenvalue weighted by atomic mass is 79.9. The SMILES string of the molecule is CN(Cc1cccc(F)c1F)c1ccc(Br)cc1N. The van der Waals surface area contributed by atoms with Crippen LogP contribution in [0.25, 0.3) is 0 Å². The van der Waals surface area contributed by atoms with Gasteiger partial charge in [0.15, 0.2) is 11.6 Å². The summed E-state index contributed by atoms with van der Waals surface area (Å²) in [4.78, 5) is 1.78. The van der Waals surface area contributed by atoms with Crippen LogP contribution in [0, 0.1) is 11.6 Å². The zero-order valence-corrected chi connectivity index (χ0v) is 11.9. The highest BCUT2D eigenvalue weighted by Crippen LogP contribution is 2.27. The molecule has 0 atom stereocenters. The molecule has 2 nitrogen and oxygen atoms in total. The van der Waals surface area contributed by atoms with Crippen LogP contribution in [-0.4, -0.2) is 7.05 Å². The molecule has 0 unspecified atom stereocenters. The molecule has 2 N–H and O–H groups in total. The first kappa shape index (κ1) is 13.8. The van der Waals surface area contributed by atoms with Crippen molar-refractivity contribution in [2.75, 3.05) is 17.7 Å². The topological polar surface area (TPSA) is 29.3 Å². The largest absolute Gasteiger partial charge is 0.397 e. The fourth-order valence-corrected chi connectivity index (χ4v) is 2.26. The second-order valence-corrected chi connectivity index (χ2v) is 5.19.